The highest BCUT2D eigenvalue weighted by atomic mass is 35.5. The van der Waals surface area contributed by atoms with Gasteiger partial charge in [0.1, 0.15) is 6.04 Å². The van der Waals surface area contributed by atoms with Crippen LogP contribution in [0.3, 0.4) is 0 Å². The van der Waals surface area contributed by atoms with Crippen LogP contribution in [0.15, 0.2) is 72.8 Å². The van der Waals surface area contributed by atoms with Crippen molar-refractivity contribution in [3.8, 4) is 0 Å². The van der Waals surface area contributed by atoms with Crippen molar-refractivity contribution in [2.45, 2.75) is 65.6 Å². The zero-order valence-corrected chi connectivity index (χ0v) is 26.0. The summed E-state index contributed by atoms with van der Waals surface area (Å²) in [7, 11) is -3.58. The average Bonchev–Trinajstić information content (AvgIpc) is 2.90. The van der Waals surface area contributed by atoms with Gasteiger partial charge in [-0.1, -0.05) is 66.2 Å². The molecule has 0 aliphatic heterocycles. The quantitative estimate of drug-likeness (QED) is 0.275. The van der Waals surface area contributed by atoms with Crippen LogP contribution >= 0.6 is 11.6 Å². The maximum atomic E-state index is 13.9. The van der Waals surface area contributed by atoms with Crippen molar-refractivity contribution in [2.75, 3.05) is 17.1 Å². The lowest BCUT2D eigenvalue weighted by Crippen LogP contribution is -2.51. The van der Waals surface area contributed by atoms with E-state index in [2.05, 4.69) is 5.32 Å². The van der Waals surface area contributed by atoms with E-state index in [-0.39, 0.29) is 43.8 Å². The first-order valence-corrected chi connectivity index (χ1v) is 16.0. The molecule has 9 heteroatoms. The van der Waals surface area contributed by atoms with Crippen molar-refractivity contribution in [2.24, 2.45) is 0 Å². The molecular formula is C32H40ClN3O4S. The van der Waals surface area contributed by atoms with Crippen LogP contribution in [-0.4, -0.2) is 50.0 Å². The molecule has 0 spiro atoms. The second kappa shape index (κ2) is 14.5. The van der Waals surface area contributed by atoms with Crippen LogP contribution in [0.5, 0.6) is 0 Å². The fraction of sp³-hybridized carbons (Fsp3) is 0.375. The van der Waals surface area contributed by atoms with E-state index in [9.17, 15) is 18.0 Å². The molecule has 220 valence electrons. The second-order valence-electron chi connectivity index (χ2n) is 10.7. The maximum Gasteiger partial charge on any atom is 0.243 e. The van der Waals surface area contributed by atoms with Gasteiger partial charge in [0, 0.05) is 37.0 Å². The number of benzene rings is 3. The Morgan fingerprint density at radius 3 is 2.20 bits per heavy atom. The van der Waals surface area contributed by atoms with E-state index >= 15 is 0 Å². The van der Waals surface area contributed by atoms with E-state index in [4.69, 9.17) is 11.6 Å². The minimum Gasteiger partial charge on any atom is -0.352 e. The number of sulfonamides is 1. The molecule has 0 radical (unpaired) electrons. The van der Waals surface area contributed by atoms with Crippen molar-refractivity contribution in [3.05, 3.63) is 100 Å². The summed E-state index contributed by atoms with van der Waals surface area (Å²) in [4.78, 5) is 29.0. The average molecular weight is 598 g/mol. The van der Waals surface area contributed by atoms with E-state index in [0.29, 0.717) is 17.1 Å². The third-order valence-electron chi connectivity index (χ3n) is 6.93. The second-order valence-corrected chi connectivity index (χ2v) is 13.0. The lowest BCUT2D eigenvalue weighted by molar-refractivity contribution is -0.141. The minimum absolute atomic E-state index is 0.0571. The van der Waals surface area contributed by atoms with E-state index in [1.54, 1.807) is 17.0 Å². The van der Waals surface area contributed by atoms with Gasteiger partial charge in [-0.05, 0) is 74.6 Å². The molecule has 0 fully saturated rings. The van der Waals surface area contributed by atoms with E-state index < -0.39 is 16.1 Å². The van der Waals surface area contributed by atoms with Gasteiger partial charge in [-0.2, -0.15) is 0 Å². The molecule has 0 saturated carbocycles. The summed E-state index contributed by atoms with van der Waals surface area (Å²) in [5, 5.41) is 3.48. The van der Waals surface area contributed by atoms with Crippen LogP contribution in [-0.2, 0) is 32.6 Å². The molecule has 3 rings (SSSR count). The van der Waals surface area contributed by atoms with E-state index in [1.165, 1.54) is 10.6 Å². The normalized spacial score (nSPS) is 12.2. The van der Waals surface area contributed by atoms with Crippen molar-refractivity contribution in [1.29, 1.82) is 0 Å². The molecule has 0 saturated heterocycles. The highest BCUT2D eigenvalue weighted by Gasteiger charge is 2.31. The Kier molecular flexibility index (Phi) is 11.4. The summed E-state index contributed by atoms with van der Waals surface area (Å²) >= 11 is 6.48. The van der Waals surface area contributed by atoms with Crippen LogP contribution < -0.4 is 9.62 Å². The van der Waals surface area contributed by atoms with E-state index in [0.717, 1.165) is 22.3 Å². The Labute approximate surface area is 249 Å². The topological polar surface area (TPSA) is 86.8 Å². The van der Waals surface area contributed by atoms with Gasteiger partial charge < -0.3 is 10.2 Å². The molecule has 0 heterocycles. The van der Waals surface area contributed by atoms with Crippen LogP contribution in [0.25, 0.3) is 0 Å². The van der Waals surface area contributed by atoms with Crippen LogP contribution in [0.4, 0.5) is 5.69 Å². The van der Waals surface area contributed by atoms with Gasteiger partial charge in [0.05, 0.1) is 11.9 Å². The number of rotatable bonds is 13. The van der Waals surface area contributed by atoms with Gasteiger partial charge in [-0.15, -0.1) is 0 Å². The van der Waals surface area contributed by atoms with E-state index in [1.807, 2.05) is 88.4 Å². The largest absolute Gasteiger partial charge is 0.352 e. The van der Waals surface area contributed by atoms with Crippen molar-refractivity contribution in [3.63, 3.8) is 0 Å². The molecule has 0 unspecified atom stereocenters. The van der Waals surface area contributed by atoms with Crippen molar-refractivity contribution >= 4 is 39.1 Å². The number of nitrogens with one attached hydrogen (secondary N) is 1. The highest BCUT2D eigenvalue weighted by molar-refractivity contribution is 7.92. The predicted molar refractivity (Wildman–Crippen MR) is 167 cm³/mol. The summed E-state index contributed by atoms with van der Waals surface area (Å²) in [6.07, 6.45) is 1.83. The Hall–Kier alpha value is -3.36. The van der Waals surface area contributed by atoms with Crippen LogP contribution in [0.2, 0.25) is 5.02 Å². The molecule has 0 bridgehead atoms. The molecular weight excluding hydrogens is 558 g/mol. The first-order valence-electron chi connectivity index (χ1n) is 13.8. The maximum absolute atomic E-state index is 13.9. The molecule has 7 nitrogen and oxygen atoms in total. The Morgan fingerprint density at radius 1 is 0.927 bits per heavy atom. The molecule has 0 aliphatic rings. The number of nitrogens with zero attached hydrogens (tertiary/aromatic N) is 2. The number of anilines is 1. The number of amides is 2. The fourth-order valence-electron chi connectivity index (χ4n) is 4.63. The van der Waals surface area contributed by atoms with Crippen molar-refractivity contribution in [1.82, 2.24) is 10.2 Å². The van der Waals surface area contributed by atoms with Crippen molar-refractivity contribution < 1.29 is 18.0 Å². The molecule has 1 N–H and O–H groups in total. The SMILES string of the molecule is Cc1ccc(N(CCCC(=O)N(Cc2ccccc2Cl)[C@H](Cc2ccccc2)C(=O)NC(C)C)S(C)(=O)=O)cc1C. The standard InChI is InChI=1S/C32H40ClN3O4S/c1-23(2)34-32(38)30(21-26-12-7-6-8-13-26)35(22-27-14-9-10-15-29(27)33)31(37)16-11-19-36(41(5,39)40)28-18-17-24(3)25(4)20-28/h6-10,12-15,17-18,20,23,30H,11,16,19,21-22H2,1-5H3,(H,34,38)/t30-/m1/s1. The lowest BCUT2D eigenvalue weighted by Gasteiger charge is -2.32. The highest BCUT2D eigenvalue weighted by Crippen LogP contribution is 2.24. The minimum atomic E-state index is -3.58. The predicted octanol–water partition coefficient (Wildman–Crippen LogP) is 5.67. The monoisotopic (exact) mass is 597 g/mol. The Balaban J connectivity index is 1.89. The molecule has 2 amide bonds. The zero-order chi connectivity index (χ0) is 30.2. The number of carbonyl (C=O) groups is 2. The third kappa shape index (κ3) is 9.33. The summed E-state index contributed by atoms with van der Waals surface area (Å²) in [5.41, 5.74) is 4.26. The van der Waals surface area contributed by atoms with Gasteiger partial charge in [-0.3, -0.25) is 13.9 Å². The first kappa shape index (κ1) is 32.2. The summed E-state index contributed by atoms with van der Waals surface area (Å²) in [6.45, 7) is 7.94. The molecule has 3 aromatic rings. The lowest BCUT2D eigenvalue weighted by atomic mass is 10.0. The first-order chi connectivity index (χ1) is 19.4. The molecule has 0 aliphatic carbocycles. The number of aryl methyl sites for hydroxylation is 2. The number of hydrogen-bond acceptors (Lipinski definition) is 4. The number of carbonyl (C=O) groups excluding carboxylic acids is 2. The third-order valence-corrected chi connectivity index (χ3v) is 8.49. The summed E-state index contributed by atoms with van der Waals surface area (Å²) in [5.74, 6) is -0.504. The van der Waals surface area contributed by atoms with Gasteiger partial charge >= 0.3 is 0 Å². The Bertz CT molecular complexity index is 1440. The molecule has 1 atom stereocenters. The van der Waals surface area contributed by atoms with Gasteiger partial charge in [0.25, 0.3) is 0 Å². The molecule has 41 heavy (non-hydrogen) atoms. The number of halogens is 1. The fourth-order valence-corrected chi connectivity index (χ4v) is 5.78. The van der Waals surface area contributed by atoms with Crippen LogP contribution in [0.1, 0.15) is 48.9 Å². The van der Waals surface area contributed by atoms with Crippen LogP contribution in [0, 0.1) is 13.8 Å². The van der Waals surface area contributed by atoms with Gasteiger partial charge in [0.2, 0.25) is 21.8 Å². The number of hydrogen-bond donors (Lipinski definition) is 1. The Morgan fingerprint density at radius 2 is 1.59 bits per heavy atom. The van der Waals surface area contributed by atoms with Gasteiger partial charge in [0.15, 0.2) is 0 Å². The smallest absolute Gasteiger partial charge is 0.243 e. The zero-order valence-electron chi connectivity index (χ0n) is 24.4. The molecule has 3 aromatic carbocycles. The summed E-state index contributed by atoms with van der Waals surface area (Å²) < 4.78 is 26.7. The molecule has 0 aromatic heterocycles. The summed E-state index contributed by atoms with van der Waals surface area (Å²) in [6, 6.07) is 21.4. The van der Waals surface area contributed by atoms with Gasteiger partial charge in [-0.25, -0.2) is 8.42 Å².